The molecule has 4 nitrogen and oxygen atoms in total. The van der Waals surface area contributed by atoms with Gasteiger partial charge in [-0.05, 0) is 20.1 Å². The Morgan fingerprint density at radius 3 is 2.12 bits per heavy atom. The van der Waals surface area contributed by atoms with Crippen molar-refractivity contribution >= 4 is 23.7 Å². The normalized spacial score (nSPS) is 12.9. The van der Waals surface area contributed by atoms with Crippen molar-refractivity contribution in [2.45, 2.75) is 13.8 Å². The maximum atomic E-state index is 6.93. The third-order valence-corrected chi connectivity index (χ3v) is 3.08. The molecule has 0 fully saturated rings. The first-order chi connectivity index (χ1) is 8.10. The van der Waals surface area contributed by atoms with Gasteiger partial charge >= 0.3 is 0 Å². The van der Waals surface area contributed by atoms with Crippen molar-refractivity contribution in [3.05, 3.63) is 46.5 Å². The van der Waals surface area contributed by atoms with E-state index in [0.717, 1.165) is 22.6 Å². The zero-order chi connectivity index (χ0) is 13.3. The summed E-state index contributed by atoms with van der Waals surface area (Å²) >= 11 is 2.62. The molecule has 0 rings (SSSR count). The van der Waals surface area contributed by atoms with Crippen LogP contribution in [0.2, 0.25) is 0 Å². The van der Waals surface area contributed by atoms with Gasteiger partial charge in [0.05, 0.1) is 16.3 Å². The van der Waals surface area contributed by atoms with E-state index in [0.29, 0.717) is 10.6 Å². The first-order valence-corrected chi connectivity index (χ1v) is 6.81. The number of hydrogen-bond donors (Lipinski definition) is 1. The third kappa shape index (κ3) is 5.65. The predicted octanol–water partition coefficient (Wildman–Crippen LogP) is 5.32. The molecule has 17 heavy (non-hydrogen) atoms. The number of nitrogens with one attached hydrogen (secondary N) is 1. The molecule has 0 saturated carbocycles. The van der Waals surface area contributed by atoms with Crippen LogP contribution in [0.5, 0.6) is 0 Å². The molecule has 0 aliphatic carbocycles. The van der Waals surface area contributed by atoms with Gasteiger partial charge in [-0.25, -0.2) is 5.53 Å². The SMILES string of the molecule is C=C(SC)/C(=C\C)N=NSC(=C)/C(=C\C)N=N. The van der Waals surface area contributed by atoms with Gasteiger partial charge in [-0.2, -0.15) is 5.11 Å². The van der Waals surface area contributed by atoms with Gasteiger partial charge in [-0.1, -0.05) is 25.3 Å². The molecular weight excluding hydrogens is 252 g/mol. The van der Waals surface area contributed by atoms with Crippen molar-refractivity contribution in [2.24, 2.45) is 14.7 Å². The lowest BCUT2D eigenvalue weighted by Gasteiger charge is -2.00. The standard InChI is InChI=1S/C11H16N4S2/c1-6-10(13-12)9(4)17-15-14-11(7-2)8(3)16-5/h6-7,12H,3-4H2,1-2,5H3/b10-6+,11-7+,13-12?,15-14?. The zero-order valence-electron chi connectivity index (χ0n) is 10.2. The summed E-state index contributed by atoms with van der Waals surface area (Å²) in [6, 6.07) is 0. The van der Waals surface area contributed by atoms with Crippen LogP contribution in [0.3, 0.4) is 0 Å². The Balaban J connectivity index is 4.52. The fourth-order valence-electron chi connectivity index (χ4n) is 0.827. The minimum absolute atomic E-state index is 0.500. The van der Waals surface area contributed by atoms with E-state index in [-0.39, 0.29) is 0 Å². The number of rotatable bonds is 7. The molecule has 6 heteroatoms. The zero-order valence-corrected chi connectivity index (χ0v) is 11.9. The second-order valence-electron chi connectivity index (χ2n) is 2.78. The van der Waals surface area contributed by atoms with Crippen LogP contribution in [0.25, 0.3) is 0 Å². The van der Waals surface area contributed by atoms with Crippen molar-refractivity contribution in [1.82, 2.24) is 0 Å². The predicted molar refractivity (Wildman–Crippen MR) is 76.9 cm³/mol. The quantitative estimate of drug-likeness (QED) is 0.386. The second kappa shape index (κ2) is 8.95. The van der Waals surface area contributed by atoms with Crippen molar-refractivity contribution in [3.8, 4) is 0 Å². The Hall–Kier alpha value is -1.14. The molecule has 0 spiro atoms. The topological polar surface area (TPSA) is 60.9 Å². The van der Waals surface area contributed by atoms with Gasteiger partial charge in [0.15, 0.2) is 0 Å². The van der Waals surface area contributed by atoms with Crippen molar-refractivity contribution in [1.29, 1.82) is 5.53 Å². The van der Waals surface area contributed by atoms with Gasteiger partial charge in [-0.3, -0.25) is 0 Å². The summed E-state index contributed by atoms with van der Waals surface area (Å²) in [4.78, 5) is 1.45. The Kier molecular flexibility index (Phi) is 8.35. The number of thioether (sulfide) groups is 1. The third-order valence-electron chi connectivity index (χ3n) is 1.78. The molecule has 1 N–H and O–H groups in total. The molecule has 0 heterocycles. The van der Waals surface area contributed by atoms with Crippen LogP contribution in [0.15, 0.2) is 61.3 Å². The molecule has 0 bridgehead atoms. The molecule has 0 unspecified atom stereocenters. The van der Waals surface area contributed by atoms with Gasteiger partial charge in [-0.15, -0.1) is 21.4 Å². The summed E-state index contributed by atoms with van der Waals surface area (Å²) < 4.78 is 3.94. The largest absolute Gasteiger partial charge is 0.204 e. The molecular formula is C11H16N4S2. The average Bonchev–Trinajstić information content (AvgIpc) is 2.35. The lowest BCUT2D eigenvalue weighted by atomic mass is 10.4. The van der Waals surface area contributed by atoms with Gasteiger partial charge < -0.3 is 0 Å². The van der Waals surface area contributed by atoms with Crippen LogP contribution >= 0.6 is 23.7 Å². The first kappa shape index (κ1) is 15.9. The highest BCUT2D eigenvalue weighted by atomic mass is 32.2. The van der Waals surface area contributed by atoms with E-state index in [1.54, 1.807) is 13.0 Å². The Labute approximate surface area is 111 Å². The van der Waals surface area contributed by atoms with E-state index in [4.69, 9.17) is 5.53 Å². The fraction of sp³-hybridized carbons (Fsp3) is 0.273. The van der Waals surface area contributed by atoms with Crippen LogP contribution in [-0.4, -0.2) is 6.26 Å². The molecule has 0 aromatic carbocycles. The molecule has 0 aliphatic heterocycles. The summed E-state index contributed by atoms with van der Waals surface area (Å²) in [5, 5.41) is 7.37. The minimum Gasteiger partial charge on any atom is -0.204 e. The molecule has 0 atom stereocenters. The smallest absolute Gasteiger partial charge is 0.0956 e. The maximum Gasteiger partial charge on any atom is 0.0956 e. The Morgan fingerprint density at radius 2 is 1.71 bits per heavy atom. The minimum atomic E-state index is 0.500. The van der Waals surface area contributed by atoms with Gasteiger partial charge in [0.25, 0.3) is 0 Å². The van der Waals surface area contributed by atoms with E-state index in [1.165, 1.54) is 11.8 Å². The molecule has 0 saturated heterocycles. The summed E-state index contributed by atoms with van der Waals surface area (Å²) in [5.74, 6) is 0. The molecule has 92 valence electrons. The highest BCUT2D eigenvalue weighted by Crippen LogP contribution is 2.27. The van der Waals surface area contributed by atoms with Crippen molar-refractivity contribution < 1.29 is 0 Å². The maximum absolute atomic E-state index is 6.93. The van der Waals surface area contributed by atoms with Crippen molar-refractivity contribution in [3.63, 3.8) is 0 Å². The molecule has 0 aromatic heterocycles. The van der Waals surface area contributed by atoms with Crippen LogP contribution in [0, 0.1) is 5.53 Å². The van der Waals surface area contributed by atoms with E-state index in [9.17, 15) is 0 Å². The van der Waals surface area contributed by atoms with Crippen LogP contribution < -0.4 is 0 Å². The Morgan fingerprint density at radius 1 is 1.12 bits per heavy atom. The summed E-state index contributed by atoms with van der Waals surface area (Å²) in [5.41, 5.74) is 8.16. The van der Waals surface area contributed by atoms with E-state index in [2.05, 4.69) is 27.9 Å². The van der Waals surface area contributed by atoms with Crippen molar-refractivity contribution in [2.75, 3.05) is 6.26 Å². The summed E-state index contributed by atoms with van der Waals surface area (Å²) in [7, 11) is 0. The molecule has 0 radical (unpaired) electrons. The Bertz CT molecular complexity index is 394. The molecule has 0 aromatic rings. The highest BCUT2D eigenvalue weighted by Gasteiger charge is 2.02. The monoisotopic (exact) mass is 268 g/mol. The van der Waals surface area contributed by atoms with Crippen LogP contribution in [0.4, 0.5) is 0 Å². The second-order valence-corrected chi connectivity index (χ2v) is 4.52. The van der Waals surface area contributed by atoms with Gasteiger partial charge in [0.2, 0.25) is 0 Å². The van der Waals surface area contributed by atoms with Gasteiger partial charge in [0.1, 0.15) is 0 Å². The average molecular weight is 268 g/mol. The van der Waals surface area contributed by atoms with E-state index < -0.39 is 0 Å². The number of nitrogens with zero attached hydrogens (tertiary/aromatic N) is 3. The van der Waals surface area contributed by atoms with E-state index in [1.807, 2.05) is 19.3 Å². The number of hydrogen-bond acceptors (Lipinski definition) is 6. The molecule has 0 amide bonds. The lowest BCUT2D eigenvalue weighted by molar-refractivity contribution is 1.08. The van der Waals surface area contributed by atoms with Crippen LogP contribution in [-0.2, 0) is 0 Å². The highest BCUT2D eigenvalue weighted by molar-refractivity contribution is 8.02. The summed E-state index contributed by atoms with van der Waals surface area (Å²) in [6.45, 7) is 11.3. The summed E-state index contributed by atoms with van der Waals surface area (Å²) in [6.07, 6.45) is 5.48. The fourth-order valence-corrected chi connectivity index (χ4v) is 1.68. The molecule has 0 aliphatic rings. The number of allylic oxidation sites excluding steroid dienone is 2. The van der Waals surface area contributed by atoms with E-state index >= 15 is 0 Å². The lowest BCUT2D eigenvalue weighted by Crippen LogP contribution is -1.78. The van der Waals surface area contributed by atoms with Gasteiger partial charge in [0, 0.05) is 16.9 Å². The van der Waals surface area contributed by atoms with Crippen LogP contribution in [0.1, 0.15) is 13.8 Å². The first-order valence-electron chi connectivity index (χ1n) is 4.81.